The Balaban J connectivity index is 2.34. The van der Waals surface area contributed by atoms with Gasteiger partial charge < -0.3 is 15.4 Å². The molecule has 0 unspecified atom stereocenters. The highest BCUT2D eigenvalue weighted by Crippen LogP contribution is 2.23. The number of rotatable bonds is 7. The third kappa shape index (κ3) is 7.99. The number of nitrogens with one attached hydrogen (secondary N) is 2. The van der Waals surface area contributed by atoms with E-state index < -0.39 is 18.5 Å². The molecule has 0 aromatic heterocycles. The summed E-state index contributed by atoms with van der Waals surface area (Å²) in [7, 11) is 0. The molecule has 0 radical (unpaired) electrons. The van der Waals surface area contributed by atoms with Crippen LogP contribution in [0.15, 0.2) is 24.3 Å². The summed E-state index contributed by atoms with van der Waals surface area (Å²) in [6.07, 6.45) is 2.65. The average Bonchev–Trinajstić information content (AvgIpc) is 2.51. The molecule has 24 heavy (non-hydrogen) atoms. The normalized spacial score (nSPS) is 10.7. The molecule has 0 spiro atoms. The molecule has 1 aromatic carbocycles. The molecule has 0 aliphatic heterocycles. The fourth-order valence-corrected chi connectivity index (χ4v) is 1.87. The van der Waals surface area contributed by atoms with Crippen molar-refractivity contribution in [2.45, 2.75) is 19.9 Å². The topological polar surface area (TPSA) is 84.5 Å². The highest BCUT2D eigenvalue weighted by atomic mass is 35.5. The molecule has 0 aliphatic carbocycles. The van der Waals surface area contributed by atoms with Gasteiger partial charge in [-0.25, -0.2) is 4.79 Å². The fraction of sp³-hybridized carbons (Fsp3) is 0.312. The van der Waals surface area contributed by atoms with Crippen LogP contribution in [0.4, 0.5) is 0 Å². The van der Waals surface area contributed by atoms with E-state index in [-0.39, 0.29) is 18.5 Å². The Hall–Kier alpha value is -2.05. The fourth-order valence-electron chi connectivity index (χ4n) is 1.57. The highest BCUT2D eigenvalue weighted by molar-refractivity contribution is 6.42. The van der Waals surface area contributed by atoms with Gasteiger partial charge in [0.1, 0.15) is 0 Å². The monoisotopic (exact) mass is 372 g/mol. The second-order valence-electron chi connectivity index (χ2n) is 5.11. The summed E-state index contributed by atoms with van der Waals surface area (Å²) in [6, 6.07) is 4.86. The van der Waals surface area contributed by atoms with E-state index in [1.54, 1.807) is 18.2 Å². The van der Waals surface area contributed by atoms with Gasteiger partial charge in [-0.3, -0.25) is 9.59 Å². The van der Waals surface area contributed by atoms with E-state index in [1.807, 2.05) is 13.8 Å². The minimum absolute atomic E-state index is 0.0151. The molecule has 0 atom stereocenters. The Labute approximate surface area is 150 Å². The van der Waals surface area contributed by atoms with Crippen LogP contribution in [0.1, 0.15) is 19.4 Å². The average molecular weight is 373 g/mol. The first-order valence-electron chi connectivity index (χ1n) is 7.14. The van der Waals surface area contributed by atoms with E-state index in [4.69, 9.17) is 27.9 Å². The van der Waals surface area contributed by atoms with Gasteiger partial charge in [0.15, 0.2) is 6.61 Å². The Morgan fingerprint density at radius 1 is 1.17 bits per heavy atom. The van der Waals surface area contributed by atoms with Crippen molar-refractivity contribution < 1.29 is 19.1 Å². The van der Waals surface area contributed by atoms with Gasteiger partial charge in [-0.15, -0.1) is 0 Å². The van der Waals surface area contributed by atoms with Gasteiger partial charge in [-0.2, -0.15) is 0 Å². The number of hydrogen-bond donors (Lipinski definition) is 2. The van der Waals surface area contributed by atoms with Crippen LogP contribution in [0.25, 0.3) is 6.08 Å². The number of hydrogen-bond acceptors (Lipinski definition) is 4. The molecular formula is C16H18Cl2N2O4. The Morgan fingerprint density at radius 3 is 2.50 bits per heavy atom. The molecule has 0 fully saturated rings. The maximum absolute atomic E-state index is 11.5. The van der Waals surface area contributed by atoms with E-state index in [1.165, 1.54) is 6.08 Å². The van der Waals surface area contributed by atoms with Gasteiger partial charge in [-0.05, 0) is 37.6 Å². The van der Waals surface area contributed by atoms with Crippen LogP contribution in [-0.4, -0.2) is 37.0 Å². The lowest BCUT2D eigenvalue weighted by atomic mass is 10.2. The molecule has 0 aliphatic rings. The maximum atomic E-state index is 11.5. The van der Waals surface area contributed by atoms with E-state index in [0.29, 0.717) is 15.6 Å². The van der Waals surface area contributed by atoms with Crippen molar-refractivity contribution in [3.63, 3.8) is 0 Å². The van der Waals surface area contributed by atoms with E-state index in [0.717, 1.165) is 6.08 Å². The minimum Gasteiger partial charge on any atom is -0.452 e. The smallest absolute Gasteiger partial charge is 0.331 e. The molecule has 2 N–H and O–H groups in total. The zero-order chi connectivity index (χ0) is 18.1. The summed E-state index contributed by atoms with van der Waals surface area (Å²) in [5.74, 6) is -1.57. The summed E-state index contributed by atoms with van der Waals surface area (Å²) in [4.78, 5) is 34.3. The quantitative estimate of drug-likeness (QED) is 0.567. The van der Waals surface area contributed by atoms with E-state index in [2.05, 4.69) is 10.6 Å². The van der Waals surface area contributed by atoms with Crippen LogP contribution in [0, 0.1) is 0 Å². The summed E-state index contributed by atoms with van der Waals surface area (Å²) in [5, 5.41) is 5.74. The molecule has 130 valence electrons. The van der Waals surface area contributed by atoms with Crippen molar-refractivity contribution in [1.82, 2.24) is 10.6 Å². The zero-order valence-electron chi connectivity index (χ0n) is 13.3. The molecule has 0 saturated heterocycles. The molecule has 1 rings (SSSR count). The minimum atomic E-state index is -0.692. The first kappa shape index (κ1) is 20.0. The van der Waals surface area contributed by atoms with Crippen molar-refractivity contribution in [2.75, 3.05) is 13.2 Å². The Bertz CT molecular complexity index is 645. The van der Waals surface area contributed by atoms with Gasteiger partial charge in [0.2, 0.25) is 5.91 Å². The second kappa shape index (κ2) is 9.95. The van der Waals surface area contributed by atoms with Crippen molar-refractivity contribution in [1.29, 1.82) is 0 Å². The van der Waals surface area contributed by atoms with Gasteiger partial charge in [-0.1, -0.05) is 29.3 Å². The zero-order valence-corrected chi connectivity index (χ0v) is 14.8. The van der Waals surface area contributed by atoms with E-state index >= 15 is 0 Å². The predicted molar refractivity (Wildman–Crippen MR) is 92.7 cm³/mol. The molecule has 0 saturated carbocycles. The molecule has 0 bridgehead atoms. The lowest BCUT2D eigenvalue weighted by Crippen LogP contribution is -2.41. The third-order valence-electron chi connectivity index (χ3n) is 2.60. The summed E-state index contributed by atoms with van der Waals surface area (Å²) >= 11 is 11.6. The molecule has 8 heteroatoms. The first-order valence-corrected chi connectivity index (χ1v) is 7.89. The second-order valence-corrected chi connectivity index (χ2v) is 5.93. The lowest BCUT2D eigenvalue weighted by molar-refractivity contribution is -0.143. The number of carbonyl (C=O) groups excluding carboxylic acids is 3. The van der Waals surface area contributed by atoms with Crippen molar-refractivity contribution >= 4 is 47.1 Å². The standard InChI is InChI=1S/C16H18Cl2N2O4/c1-10(2)20-14(21)8-19-15(22)9-24-16(23)6-4-11-3-5-12(17)13(18)7-11/h3-7,10H,8-9H2,1-2H3,(H,19,22)(H,20,21)/b6-4+. The van der Waals surface area contributed by atoms with Crippen LogP contribution in [0.3, 0.4) is 0 Å². The number of halogens is 2. The molecule has 6 nitrogen and oxygen atoms in total. The lowest BCUT2D eigenvalue weighted by Gasteiger charge is -2.09. The molecule has 1 aromatic rings. The number of esters is 1. The predicted octanol–water partition coefficient (Wildman–Crippen LogP) is 2.19. The maximum Gasteiger partial charge on any atom is 0.331 e. The number of ether oxygens (including phenoxy) is 1. The largest absolute Gasteiger partial charge is 0.452 e. The van der Waals surface area contributed by atoms with E-state index in [9.17, 15) is 14.4 Å². The van der Waals surface area contributed by atoms with Crippen molar-refractivity contribution in [3.05, 3.63) is 39.9 Å². The number of carbonyl (C=O) groups is 3. The Kier molecular flexibility index (Phi) is 8.29. The first-order chi connectivity index (χ1) is 11.3. The van der Waals surface area contributed by atoms with Crippen molar-refractivity contribution in [3.8, 4) is 0 Å². The summed E-state index contributed by atoms with van der Waals surface area (Å²) < 4.78 is 4.76. The van der Waals surface area contributed by atoms with Crippen molar-refractivity contribution in [2.24, 2.45) is 0 Å². The third-order valence-corrected chi connectivity index (χ3v) is 3.34. The summed E-state index contributed by atoms with van der Waals surface area (Å²) in [6.45, 7) is 2.97. The van der Waals surface area contributed by atoms with Crippen LogP contribution >= 0.6 is 23.2 Å². The van der Waals surface area contributed by atoms with Gasteiger partial charge in [0.25, 0.3) is 5.91 Å². The van der Waals surface area contributed by atoms with Gasteiger partial charge in [0, 0.05) is 12.1 Å². The Morgan fingerprint density at radius 2 is 1.88 bits per heavy atom. The SMILES string of the molecule is CC(C)NC(=O)CNC(=O)COC(=O)/C=C/c1ccc(Cl)c(Cl)c1. The van der Waals surface area contributed by atoms with Crippen LogP contribution in [0.5, 0.6) is 0 Å². The van der Waals surface area contributed by atoms with Gasteiger partial charge >= 0.3 is 5.97 Å². The number of amides is 2. The molecule has 2 amide bonds. The number of benzene rings is 1. The molecular weight excluding hydrogens is 355 g/mol. The summed E-state index contributed by atoms with van der Waals surface area (Å²) in [5.41, 5.74) is 0.663. The highest BCUT2D eigenvalue weighted by Gasteiger charge is 2.08. The van der Waals surface area contributed by atoms with Crippen LogP contribution in [0.2, 0.25) is 10.0 Å². The van der Waals surface area contributed by atoms with Gasteiger partial charge in [0.05, 0.1) is 16.6 Å². The van der Waals surface area contributed by atoms with Crippen LogP contribution in [-0.2, 0) is 19.1 Å². The van der Waals surface area contributed by atoms with Crippen LogP contribution < -0.4 is 10.6 Å². The molecule has 0 heterocycles.